The highest BCUT2D eigenvalue weighted by Gasteiger charge is 2.21. The van der Waals surface area contributed by atoms with Crippen LogP contribution in [0.1, 0.15) is 66.1 Å². The third-order valence-electron chi connectivity index (χ3n) is 4.60. The number of hydrogen-bond donors (Lipinski definition) is 2. The van der Waals surface area contributed by atoms with Crippen molar-refractivity contribution < 1.29 is 19.4 Å². The van der Waals surface area contributed by atoms with Gasteiger partial charge in [-0.15, -0.1) is 0 Å². The number of para-hydroxylation sites is 1. The number of benzene rings is 1. The van der Waals surface area contributed by atoms with Gasteiger partial charge in [0.1, 0.15) is 5.56 Å². The van der Waals surface area contributed by atoms with Crippen molar-refractivity contribution in [2.75, 3.05) is 12.4 Å². The van der Waals surface area contributed by atoms with Crippen molar-refractivity contribution in [1.29, 1.82) is 0 Å². The van der Waals surface area contributed by atoms with Gasteiger partial charge in [0.15, 0.2) is 11.4 Å². The van der Waals surface area contributed by atoms with E-state index in [1.807, 2.05) is 27.7 Å². The van der Waals surface area contributed by atoms with Gasteiger partial charge in [-0.25, -0.2) is 14.5 Å². The molecule has 0 saturated carbocycles. The van der Waals surface area contributed by atoms with Gasteiger partial charge >= 0.3 is 5.97 Å². The Hall–Kier alpha value is -3.42. The summed E-state index contributed by atoms with van der Waals surface area (Å²) < 4.78 is 6.43. The maximum atomic E-state index is 13.1. The maximum Gasteiger partial charge on any atom is 0.341 e. The van der Waals surface area contributed by atoms with Crippen LogP contribution in [0, 0.1) is 0 Å². The number of rotatable bonds is 5. The molecule has 2 N–H and O–H groups in total. The lowest BCUT2D eigenvalue weighted by atomic mass is 10.0. The summed E-state index contributed by atoms with van der Waals surface area (Å²) in [4.78, 5) is 29.6. The number of fused-ring (bicyclic) bond motifs is 1. The molecule has 1 aromatic carbocycles. The van der Waals surface area contributed by atoms with Crippen LogP contribution in [0.25, 0.3) is 11.0 Å². The molecule has 0 atom stereocenters. The molecule has 152 valence electrons. The Morgan fingerprint density at radius 1 is 1.17 bits per heavy atom. The van der Waals surface area contributed by atoms with Gasteiger partial charge in [-0.3, -0.25) is 4.79 Å². The molecule has 3 aromatic rings. The zero-order chi connectivity index (χ0) is 21.3. The molecule has 2 aromatic heterocycles. The van der Waals surface area contributed by atoms with Crippen LogP contribution in [0.4, 0.5) is 5.69 Å². The Morgan fingerprint density at radius 3 is 2.52 bits per heavy atom. The number of ether oxygens (including phenoxy) is 1. The fourth-order valence-corrected chi connectivity index (χ4v) is 3.01. The van der Waals surface area contributed by atoms with Crippen LogP contribution in [0.3, 0.4) is 0 Å². The Bertz CT molecular complexity index is 1090. The molecule has 8 nitrogen and oxygen atoms in total. The van der Waals surface area contributed by atoms with Crippen molar-refractivity contribution in [3.8, 4) is 5.75 Å². The van der Waals surface area contributed by atoms with E-state index in [1.54, 1.807) is 23.0 Å². The lowest BCUT2D eigenvalue weighted by Crippen LogP contribution is -2.15. The molecular weight excluding hydrogens is 372 g/mol. The van der Waals surface area contributed by atoms with E-state index in [0.717, 1.165) is 5.69 Å². The summed E-state index contributed by atoms with van der Waals surface area (Å²) in [5, 5.41) is 18.0. The van der Waals surface area contributed by atoms with Gasteiger partial charge in [-0.1, -0.05) is 19.9 Å². The second-order valence-electron chi connectivity index (χ2n) is 7.32. The largest absolute Gasteiger partial charge is 0.505 e. The number of phenols is 1. The van der Waals surface area contributed by atoms with Crippen molar-refractivity contribution in [3.05, 3.63) is 47.3 Å². The van der Waals surface area contributed by atoms with Crippen LogP contribution < -0.4 is 5.32 Å². The molecule has 0 unspecified atom stereocenters. The molecule has 3 rings (SSSR count). The molecule has 0 bridgehead atoms. The van der Waals surface area contributed by atoms with Crippen molar-refractivity contribution in [3.63, 3.8) is 0 Å². The Balaban J connectivity index is 2.07. The SMILES string of the molecule is COC(=O)c1cccc(NC(=O)c2cc(C(C)C)nc3c2cnn3C(C)C)c1O. The fourth-order valence-electron chi connectivity index (χ4n) is 3.01. The smallest absolute Gasteiger partial charge is 0.341 e. The first-order chi connectivity index (χ1) is 13.7. The Labute approximate surface area is 168 Å². The van der Waals surface area contributed by atoms with Crippen LogP contribution in [-0.4, -0.2) is 38.9 Å². The van der Waals surface area contributed by atoms with E-state index in [0.29, 0.717) is 16.6 Å². The highest BCUT2D eigenvalue weighted by Crippen LogP contribution is 2.30. The number of hydrogen-bond acceptors (Lipinski definition) is 6. The molecule has 1 amide bonds. The minimum Gasteiger partial charge on any atom is -0.505 e. The summed E-state index contributed by atoms with van der Waals surface area (Å²) in [7, 11) is 1.22. The first kappa shape index (κ1) is 20.3. The van der Waals surface area contributed by atoms with Crippen molar-refractivity contribution in [1.82, 2.24) is 14.8 Å². The predicted molar refractivity (Wildman–Crippen MR) is 109 cm³/mol. The second kappa shape index (κ2) is 7.90. The maximum absolute atomic E-state index is 13.1. The quantitative estimate of drug-likeness (QED) is 0.501. The standard InChI is InChI=1S/C21H24N4O4/c1-11(2)17-9-14(15-10-22-25(12(3)4)19(15)23-17)20(27)24-16-8-6-7-13(18(16)26)21(28)29-5/h6-12,26H,1-5H3,(H,24,27). The second-order valence-corrected chi connectivity index (χ2v) is 7.32. The number of phenolic OH excluding ortho intramolecular Hbond substituents is 1. The van der Waals surface area contributed by atoms with Gasteiger partial charge in [0.2, 0.25) is 0 Å². The first-order valence-electron chi connectivity index (χ1n) is 9.34. The van der Waals surface area contributed by atoms with Crippen LogP contribution in [0.2, 0.25) is 0 Å². The Morgan fingerprint density at radius 2 is 1.90 bits per heavy atom. The number of amides is 1. The summed E-state index contributed by atoms with van der Waals surface area (Å²) >= 11 is 0. The third kappa shape index (κ3) is 3.78. The van der Waals surface area contributed by atoms with Crippen molar-refractivity contribution in [2.45, 2.75) is 39.7 Å². The van der Waals surface area contributed by atoms with E-state index in [1.165, 1.54) is 19.2 Å². The average Bonchev–Trinajstić information content (AvgIpc) is 3.12. The lowest BCUT2D eigenvalue weighted by molar-refractivity contribution is 0.0597. The number of nitrogens with zero attached hydrogens (tertiary/aromatic N) is 3. The number of methoxy groups -OCH3 is 1. The van der Waals surface area contributed by atoms with Gasteiger partial charge < -0.3 is 15.2 Å². The third-order valence-corrected chi connectivity index (χ3v) is 4.60. The molecule has 0 fully saturated rings. The van der Waals surface area contributed by atoms with E-state index >= 15 is 0 Å². The highest BCUT2D eigenvalue weighted by molar-refractivity contribution is 6.13. The van der Waals surface area contributed by atoms with Crippen LogP contribution >= 0.6 is 0 Å². The van der Waals surface area contributed by atoms with Crippen molar-refractivity contribution in [2.24, 2.45) is 0 Å². The summed E-state index contributed by atoms with van der Waals surface area (Å²) in [5.74, 6) is -1.36. The number of aromatic hydroxyl groups is 1. The highest BCUT2D eigenvalue weighted by atomic mass is 16.5. The average molecular weight is 396 g/mol. The number of carbonyl (C=O) groups is 2. The molecular formula is C21H24N4O4. The first-order valence-corrected chi connectivity index (χ1v) is 9.34. The number of carbonyl (C=O) groups excluding carboxylic acids is 2. The van der Waals surface area contributed by atoms with Gasteiger partial charge in [0.05, 0.1) is 29.9 Å². The Kier molecular flexibility index (Phi) is 5.54. The molecule has 0 aliphatic carbocycles. The lowest BCUT2D eigenvalue weighted by Gasteiger charge is -2.13. The molecule has 0 spiro atoms. The molecule has 8 heteroatoms. The summed E-state index contributed by atoms with van der Waals surface area (Å²) in [5.41, 5.74) is 1.88. The van der Waals surface area contributed by atoms with Crippen molar-refractivity contribution >= 4 is 28.6 Å². The van der Waals surface area contributed by atoms with E-state index in [-0.39, 0.29) is 29.0 Å². The van der Waals surface area contributed by atoms with Gasteiger partial charge in [-0.05, 0) is 38.0 Å². The topological polar surface area (TPSA) is 106 Å². The van der Waals surface area contributed by atoms with Crippen LogP contribution in [0.5, 0.6) is 5.75 Å². The number of pyridine rings is 1. The fraction of sp³-hybridized carbons (Fsp3) is 0.333. The van der Waals surface area contributed by atoms with Crippen LogP contribution in [0.15, 0.2) is 30.5 Å². The molecule has 0 saturated heterocycles. The summed E-state index contributed by atoms with van der Waals surface area (Å²) in [6, 6.07) is 6.30. The van der Waals surface area contributed by atoms with E-state index in [4.69, 9.17) is 0 Å². The van der Waals surface area contributed by atoms with Crippen LogP contribution in [-0.2, 0) is 4.74 Å². The molecule has 2 heterocycles. The molecule has 0 radical (unpaired) electrons. The zero-order valence-corrected chi connectivity index (χ0v) is 17.1. The number of aromatic nitrogens is 3. The number of anilines is 1. The normalized spacial score (nSPS) is 11.3. The monoisotopic (exact) mass is 396 g/mol. The molecule has 29 heavy (non-hydrogen) atoms. The zero-order valence-electron chi connectivity index (χ0n) is 17.1. The molecule has 0 aliphatic heterocycles. The van der Waals surface area contributed by atoms with E-state index in [9.17, 15) is 14.7 Å². The van der Waals surface area contributed by atoms with Gasteiger partial charge in [0.25, 0.3) is 5.91 Å². The minimum absolute atomic E-state index is 0.0272. The minimum atomic E-state index is -0.690. The molecule has 0 aliphatic rings. The van der Waals surface area contributed by atoms with Gasteiger partial charge in [0, 0.05) is 11.7 Å². The predicted octanol–water partition coefficient (Wildman–Crippen LogP) is 3.88. The van der Waals surface area contributed by atoms with E-state index < -0.39 is 11.9 Å². The van der Waals surface area contributed by atoms with Gasteiger partial charge in [-0.2, -0.15) is 5.10 Å². The number of nitrogens with one attached hydrogen (secondary N) is 1. The number of esters is 1. The summed E-state index contributed by atoms with van der Waals surface area (Å²) in [6.07, 6.45) is 1.62. The summed E-state index contributed by atoms with van der Waals surface area (Å²) in [6.45, 7) is 7.98. The van der Waals surface area contributed by atoms with E-state index in [2.05, 4.69) is 20.1 Å².